The molecule has 7 heteroatoms. The first-order chi connectivity index (χ1) is 11.1. The van der Waals surface area contributed by atoms with Crippen LogP contribution in [0.4, 0.5) is 9.52 Å². The van der Waals surface area contributed by atoms with E-state index in [4.69, 9.17) is 16.3 Å². The Morgan fingerprint density at radius 2 is 2.04 bits per heavy atom. The molecule has 3 aromatic rings. The molecule has 0 atom stereocenters. The van der Waals surface area contributed by atoms with E-state index in [1.54, 1.807) is 18.2 Å². The highest BCUT2D eigenvalue weighted by atomic mass is 35.5. The number of anilines is 1. The van der Waals surface area contributed by atoms with Crippen molar-refractivity contribution in [3.8, 4) is 5.75 Å². The van der Waals surface area contributed by atoms with Crippen LogP contribution in [-0.4, -0.2) is 16.8 Å². The van der Waals surface area contributed by atoms with Gasteiger partial charge in [-0.05, 0) is 35.9 Å². The van der Waals surface area contributed by atoms with E-state index < -0.39 is 0 Å². The summed E-state index contributed by atoms with van der Waals surface area (Å²) in [5.74, 6) is 0.00708. The molecule has 0 unspecified atom stereocenters. The molecule has 0 spiro atoms. The number of aromatic nitrogens is 1. The van der Waals surface area contributed by atoms with E-state index in [0.29, 0.717) is 17.5 Å². The van der Waals surface area contributed by atoms with Gasteiger partial charge in [-0.1, -0.05) is 23.5 Å². The van der Waals surface area contributed by atoms with Gasteiger partial charge in [0.05, 0.1) is 10.2 Å². The molecule has 0 aliphatic rings. The Morgan fingerprint density at radius 1 is 1.26 bits per heavy atom. The SMILES string of the molecule is O=C(CCl)Nc1nc2ccc(OCc3ccc(F)cc3)cc2s1. The third-order valence-electron chi connectivity index (χ3n) is 3.05. The molecule has 0 aliphatic heterocycles. The number of halogens is 2. The fourth-order valence-electron chi connectivity index (χ4n) is 1.95. The molecule has 3 rings (SSSR count). The first kappa shape index (κ1) is 15.7. The maximum Gasteiger partial charge on any atom is 0.241 e. The summed E-state index contributed by atoms with van der Waals surface area (Å²) in [5.41, 5.74) is 1.65. The minimum absolute atomic E-state index is 0.109. The minimum Gasteiger partial charge on any atom is -0.489 e. The van der Waals surface area contributed by atoms with Crippen molar-refractivity contribution in [3.63, 3.8) is 0 Å². The van der Waals surface area contributed by atoms with Crippen LogP contribution in [0.2, 0.25) is 0 Å². The first-order valence-corrected chi connectivity index (χ1v) is 8.13. The Morgan fingerprint density at radius 3 is 2.78 bits per heavy atom. The molecule has 23 heavy (non-hydrogen) atoms. The summed E-state index contributed by atoms with van der Waals surface area (Å²) in [5, 5.41) is 3.13. The number of hydrogen-bond donors (Lipinski definition) is 1. The standard InChI is InChI=1S/C16H12ClFN2O2S/c17-8-15(21)20-16-19-13-6-5-12(7-14(13)23-16)22-9-10-1-3-11(18)4-2-10/h1-7H,8-9H2,(H,19,20,21). The zero-order valence-electron chi connectivity index (χ0n) is 11.9. The van der Waals surface area contributed by atoms with Crippen molar-refractivity contribution in [1.29, 1.82) is 0 Å². The van der Waals surface area contributed by atoms with Crippen LogP contribution >= 0.6 is 22.9 Å². The predicted molar refractivity (Wildman–Crippen MR) is 89.7 cm³/mol. The number of nitrogens with zero attached hydrogens (tertiary/aromatic N) is 1. The normalized spacial score (nSPS) is 10.7. The van der Waals surface area contributed by atoms with Gasteiger partial charge in [0.25, 0.3) is 0 Å². The Balaban J connectivity index is 1.71. The number of benzene rings is 2. The van der Waals surface area contributed by atoms with Gasteiger partial charge in [-0.15, -0.1) is 11.6 Å². The molecule has 0 bridgehead atoms. The third kappa shape index (κ3) is 3.97. The summed E-state index contributed by atoms with van der Waals surface area (Å²) >= 11 is 6.80. The molecule has 0 aliphatic carbocycles. The molecule has 2 aromatic carbocycles. The average Bonchev–Trinajstić information content (AvgIpc) is 2.95. The quantitative estimate of drug-likeness (QED) is 0.702. The third-order valence-corrected chi connectivity index (χ3v) is 4.22. The zero-order valence-corrected chi connectivity index (χ0v) is 13.5. The topological polar surface area (TPSA) is 51.2 Å². The molecule has 0 saturated carbocycles. The first-order valence-electron chi connectivity index (χ1n) is 6.78. The van der Waals surface area contributed by atoms with Gasteiger partial charge in [0.2, 0.25) is 5.91 Å². The minimum atomic E-state index is -0.293. The second-order valence-corrected chi connectivity index (χ2v) is 6.04. The van der Waals surface area contributed by atoms with E-state index in [-0.39, 0.29) is 17.6 Å². The highest BCUT2D eigenvalue weighted by Crippen LogP contribution is 2.29. The van der Waals surface area contributed by atoms with E-state index in [9.17, 15) is 9.18 Å². The fourth-order valence-corrected chi connectivity index (χ4v) is 2.93. The van der Waals surface area contributed by atoms with Crippen LogP contribution in [-0.2, 0) is 11.4 Å². The van der Waals surface area contributed by atoms with Crippen LogP contribution < -0.4 is 10.1 Å². The van der Waals surface area contributed by atoms with Gasteiger partial charge < -0.3 is 10.1 Å². The second-order valence-electron chi connectivity index (χ2n) is 4.75. The second kappa shape index (κ2) is 6.93. The number of carbonyl (C=O) groups excluding carboxylic acids is 1. The van der Waals surface area contributed by atoms with E-state index in [1.807, 2.05) is 12.1 Å². The molecular formula is C16H12ClFN2O2S. The van der Waals surface area contributed by atoms with Crippen molar-refractivity contribution in [2.45, 2.75) is 6.61 Å². The van der Waals surface area contributed by atoms with Gasteiger partial charge >= 0.3 is 0 Å². The Labute approximate surface area is 140 Å². The van der Waals surface area contributed by atoms with Gasteiger partial charge in [0.15, 0.2) is 5.13 Å². The molecule has 118 valence electrons. The number of rotatable bonds is 5. The fraction of sp³-hybridized carbons (Fsp3) is 0.125. The van der Waals surface area contributed by atoms with Crippen molar-refractivity contribution < 1.29 is 13.9 Å². The summed E-state index contributed by atoms with van der Waals surface area (Å²) in [6.45, 7) is 0.348. The lowest BCUT2D eigenvalue weighted by molar-refractivity contribution is -0.113. The van der Waals surface area contributed by atoms with Crippen molar-refractivity contribution in [2.24, 2.45) is 0 Å². The van der Waals surface area contributed by atoms with Crippen molar-refractivity contribution in [3.05, 3.63) is 53.8 Å². The van der Waals surface area contributed by atoms with Gasteiger partial charge in [0.1, 0.15) is 24.1 Å². The highest BCUT2D eigenvalue weighted by Gasteiger charge is 2.08. The number of fused-ring (bicyclic) bond motifs is 1. The lowest BCUT2D eigenvalue weighted by atomic mass is 10.2. The summed E-state index contributed by atoms with van der Waals surface area (Å²) in [4.78, 5) is 15.6. The van der Waals surface area contributed by atoms with Crippen molar-refractivity contribution >= 4 is 44.2 Å². The lowest BCUT2D eigenvalue weighted by Gasteiger charge is -2.06. The summed E-state index contributed by atoms with van der Waals surface area (Å²) < 4.78 is 19.5. The summed E-state index contributed by atoms with van der Waals surface area (Å²) in [6, 6.07) is 11.6. The van der Waals surface area contributed by atoms with Crippen LogP contribution in [0, 0.1) is 5.82 Å². The molecule has 1 amide bonds. The Bertz CT molecular complexity index is 836. The van der Waals surface area contributed by atoms with Gasteiger partial charge in [-0.25, -0.2) is 9.37 Å². The molecule has 0 radical (unpaired) electrons. The molecule has 4 nitrogen and oxygen atoms in total. The molecule has 1 N–H and O–H groups in total. The van der Waals surface area contributed by atoms with E-state index >= 15 is 0 Å². The number of alkyl halides is 1. The molecule has 0 saturated heterocycles. The van der Waals surface area contributed by atoms with E-state index in [0.717, 1.165) is 15.8 Å². The summed E-state index contributed by atoms with van der Waals surface area (Å²) in [7, 11) is 0. The van der Waals surface area contributed by atoms with E-state index in [1.165, 1.54) is 23.5 Å². The van der Waals surface area contributed by atoms with Crippen LogP contribution in [0.5, 0.6) is 5.75 Å². The van der Waals surface area contributed by atoms with Crippen LogP contribution in [0.15, 0.2) is 42.5 Å². The smallest absolute Gasteiger partial charge is 0.241 e. The largest absolute Gasteiger partial charge is 0.489 e. The zero-order chi connectivity index (χ0) is 16.2. The summed E-state index contributed by atoms with van der Waals surface area (Å²) in [6.07, 6.45) is 0. The average molecular weight is 351 g/mol. The highest BCUT2D eigenvalue weighted by molar-refractivity contribution is 7.22. The maximum absolute atomic E-state index is 12.9. The van der Waals surface area contributed by atoms with Gasteiger partial charge in [0, 0.05) is 0 Å². The number of hydrogen-bond acceptors (Lipinski definition) is 4. The van der Waals surface area contributed by atoms with E-state index in [2.05, 4.69) is 10.3 Å². The molecule has 1 aromatic heterocycles. The molecular weight excluding hydrogens is 339 g/mol. The van der Waals surface area contributed by atoms with Gasteiger partial charge in [-0.2, -0.15) is 0 Å². The Hall–Kier alpha value is -2.18. The maximum atomic E-state index is 12.9. The van der Waals surface area contributed by atoms with Crippen molar-refractivity contribution in [1.82, 2.24) is 4.98 Å². The molecule has 1 heterocycles. The Kier molecular flexibility index (Phi) is 4.73. The number of ether oxygens (including phenoxy) is 1. The monoisotopic (exact) mass is 350 g/mol. The van der Waals surface area contributed by atoms with Gasteiger partial charge in [-0.3, -0.25) is 4.79 Å². The van der Waals surface area contributed by atoms with Crippen molar-refractivity contribution in [2.75, 3.05) is 11.2 Å². The number of thiazole rings is 1. The molecule has 0 fully saturated rings. The van der Waals surface area contributed by atoms with Crippen LogP contribution in [0.25, 0.3) is 10.2 Å². The lowest BCUT2D eigenvalue weighted by Crippen LogP contribution is -2.11. The number of carbonyl (C=O) groups is 1. The van der Waals surface area contributed by atoms with Crippen LogP contribution in [0.1, 0.15) is 5.56 Å². The van der Waals surface area contributed by atoms with Crippen LogP contribution in [0.3, 0.4) is 0 Å². The number of nitrogens with one attached hydrogen (secondary N) is 1. The number of amides is 1. The predicted octanol–water partition coefficient (Wildman–Crippen LogP) is 4.19.